The maximum atomic E-state index is 15.7. The molecule has 4 aromatic rings. The van der Waals surface area contributed by atoms with Crippen LogP contribution >= 0.6 is 22.9 Å². The first-order valence-electron chi connectivity index (χ1n) is 11.0. The minimum absolute atomic E-state index is 0.216. The van der Waals surface area contributed by atoms with Crippen molar-refractivity contribution < 1.29 is 4.39 Å². The molecule has 0 aromatic carbocycles. The molecule has 7 rings (SSSR count). The van der Waals surface area contributed by atoms with E-state index >= 15 is 4.39 Å². The number of thiophene rings is 1. The summed E-state index contributed by atoms with van der Waals surface area (Å²) in [5.41, 5.74) is 2.10. The highest BCUT2D eigenvalue weighted by atomic mass is 35.5. The van der Waals surface area contributed by atoms with E-state index in [4.69, 9.17) is 11.6 Å². The fourth-order valence-electron chi connectivity index (χ4n) is 5.44. The van der Waals surface area contributed by atoms with Crippen LogP contribution in [0.5, 0.6) is 0 Å². The average Bonchev–Trinajstić information content (AvgIpc) is 3.48. The Kier molecular flexibility index (Phi) is 4.87. The molecule has 0 unspecified atom stereocenters. The quantitative estimate of drug-likeness (QED) is 0.374. The van der Waals surface area contributed by atoms with E-state index in [2.05, 4.69) is 37.2 Å². The second-order valence-electron chi connectivity index (χ2n) is 8.83. The van der Waals surface area contributed by atoms with Crippen LogP contribution in [0.4, 0.5) is 10.2 Å². The van der Waals surface area contributed by atoms with Gasteiger partial charge in [-0.25, -0.2) is 24.3 Å². The molecule has 4 aromatic heterocycles. The summed E-state index contributed by atoms with van der Waals surface area (Å²) in [6, 6.07) is 3.99. The third-order valence-electron chi connectivity index (χ3n) is 7.14. The van der Waals surface area contributed by atoms with E-state index in [0.29, 0.717) is 46.0 Å². The first kappa shape index (κ1) is 20.1. The molecule has 4 heterocycles. The highest BCUT2D eigenvalue weighted by molar-refractivity contribution is 7.13. The van der Waals surface area contributed by atoms with E-state index in [0.717, 1.165) is 4.88 Å². The van der Waals surface area contributed by atoms with Gasteiger partial charge < -0.3 is 10.3 Å². The molecule has 2 N–H and O–H groups in total. The van der Waals surface area contributed by atoms with E-state index < -0.39 is 5.82 Å². The molecule has 164 valence electrons. The van der Waals surface area contributed by atoms with Crippen LogP contribution in [0.25, 0.3) is 33.1 Å². The Morgan fingerprint density at radius 2 is 1.97 bits per heavy atom. The zero-order valence-electron chi connectivity index (χ0n) is 17.5. The van der Waals surface area contributed by atoms with E-state index in [1.54, 1.807) is 6.20 Å². The van der Waals surface area contributed by atoms with Crippen molar-refractivity contribution in [2.24, 2.45) is 17.8 Å². The van der Waals surface area contributed by atoms with Gasteiger partial charge in [0, 0.05) is 12.2 Å². The molecule has 9 heteroatoms. The Bertz CT molecular complexity index is 1280. The number of hydrogen-bond acceptors (Lipinski definition) is 6. The Labute approximate surface area is 193 Å². The summed E-state index contributed by atoms with van der Waals surface area (Å²) in [6.45, 7) is 2.28. The summed E-state index contributed by atoms with van der Waals surface area (Å²) >= 11 is 7.54. The van der Waals surface area contributed by atoms with Crippen LogP contribution in [-0.4, -0.2) is 31.0 Å². The smallest absolute Gasteiger partial charge is 0.192 e. The molecule has 0 aliphatic heterocycles. The zero-order chi connectivity index (χ0) is 21.8. The molecule has 0 radical (unpaired) electrons. The lowest BCUT2D eigenvalue weighted by Gasteiger charge is -2.47. The van der Waals surface area contributed by atoms with Gasteiger partial charge in [-0.05, 0) is 54.9 Å². The van der Waals surface area contributed by atoms with Crippen molar-refractivity contribution in [3.8, 4) is 22.0 Å². The summed E-state index contributed by atoms with van der Waals surface area (Å²) in [5, 5.41) is 5.70. The van der Waals surface area contributed by atoms with Gasteiger partial charge in [-0.15, -0.1) is 11.3 Å². The number of hydrogen-bond donors (Lipinski definition) is 2. The van der Waals surface area contributed by atoms with Crippen molar-refractivity contribution >= 4 is 39.9 Å². The van der Waals surface area contributed by atoms with Crippen LogP contribution in [0.1, 0.15) is 32.6 Å². The maximum absolute atomic E-state index is 15.7. The van der Waals surface area contributed by atoms with Gasteiger partial charge >= 0.3 is 0 Å². The topological polar surface area (TPSA) is 79.4 Å². The Morgan fingerprint density at radius 3 is 2.72 bits per heavy atom. The molecule has 3 aliphatic rings. The second kappa shape index (κ2) is 7.78. The van der Waals surface area contributed by atoms with E-state index in [1.165, 1.54) is 43.2 Å². The van der Waals surface area contributed by atoms with Gasteiger partial charge in [0.25, 0.3) is 0 Å². The van der Waals surface area contributed by atoms with Gasteiger partial charge in [-0.2, -0.15) is 0 Å². The lowest BCUT2D eigenvalue weighted by Crippen LogP contribution is -2.47. The first-order valence-corrected chi connectivity index (χ1v) is 12.2. The van der Waals surface area contributed by atoms with Crippen LogP contribution in [0, 0.1) is 23.6 Å². The van der Waals surface area contributed by atoms with E-state index in [1.807, 2.05) is 17.5 Å². The van der Waals surface area contributed by atoms with Crippen LogP contribution in [0.3, 0.4) is 0 Å². The predicted molar refractivity (Wildman–Crippen MR) is 125 cm³/mol. The molecule has 3 aliphatic carbocycles. The number of aromatic nitrogens is 5. The van der Waals surface area contributed by atoms with Gasteiger partial charge in [0.05, 0.1) is 16.6 Å². The van der Waals surface area contributed by atoms with Crippen molar-refractivity contribution in [3.05, 3.63) is 40.9 Å². The standard InChI is InChI=1S/C23H22ClFN6S/c1-11-12-4-6-13(7-5-12)18(11)29-22-17(25)20(15-3-2-8-32-15)30-21(31-22)14-9-26-23-19(14)28-16(24)10-27-23/h2-3,8-13,18H,4-7H2,1H3,(H,26,27)(H,29,30,31)/t11-,12?,13?,18+/m0/s1. The number of nitrogens with zero attached hydrogens (tertiary/aromatic N) is 4. The second-order valence-corrected chi connectivity index (χ2v) is 10.2. The number of aromatic amines is 1. The molecule has 2 atom stereocenters. The van der Waals surface area contributed by atoms with Gasteiger partial charge in [-0.3, -0.25) is 0 Å². The van der Waals surface area contributed by atoms with E-state index in [9.17, 15) is 0 Å². The normalized spacial score (nSPS) is 24.8. The summed E-state index contributed by atoms with van der Waals surface area (Å²) in [4.78, 5) is 21.8. The fraction of sp³-hybridized carbons (Fsp3) is 0.391. The number of rotatable bonds is 4. The summed E-state index contributed by atoms with van der Waals surface area (Å²) < 4.78 is 15.7. The number of halogens is 2. The monoisotopic (exact) mass is 468 g/mol. The van der Waals surface area contributed by atoms with Crippen molar-refractivity contribution in [3.63, 3.8) is 0 Å². The van der Waals surface area contributed by atoms with E-state index in [-0.39, 0.29) is 17.0 Å². The Morgan fingerprint density at radius 1 is 1.16 bits per heavy atom. The number of anilines is 1. The van der Waals surface area contributed by atoms with Crippen molar-refractivity contribution in [1.29, 1.82) is 0 Å². The third-order valence-corrected chi connectivity index (χ3v) is 8.19. The molecule has 3 fully saturated rings. The van der Waals surface area contributed by atoms with Gasteiger partial charge in [0.15, 0.2) is 23.1 Å². The fourth-order valence-corrected chi connectivity index (χ4v) is 6.28. The van der Waals surface area contributed by atoms with Gasteiger partial charge in [-0.1, -0.05) is 24.6 Å². The molecule has 0 saturated heterocycles. The van der Waals surface area contributed by atoms with Crippen molar-refractivity contribution in [2.75, 3.05) is 5.32 Å². The molecule has 32 heavy (non-hydrogen) atoms. The lowest BCUT2D eigenvalue weighted by molar-refractivity contribution is 0.0926. The molecule has 0 amide bonds. The summed E-state index contributed by atoms with van der Waals surface area (Å²) in [7, 11) is 0. The highest BCUT2D eigenvalue weighted by Crippen LogP contribution is 2.46. The third kappa shape index (κ3) is 3.28. The maximum Gasteiger partial charge on any atom is 0.192 e. The minimum atomic E-state index is -0.409. The van der Waals surface area contributed by atoms with Crippen LogP contribution in [0.15, 0.2) is 29.9 Å². The molecule has 2 bridgehead atoms. The van der Waals surface area contributed by atoms with Crippen LogP contribution in [-0.2, 0) is 0 Å². The Hall–Kier alpha value is -2.58. The van der Waals surface area contributed by atoms with Crippen LogP contribution in [0.2, 0.25) is 5.15 Å². The number of nitrogens with one attached hydrogen (secondary N) is 2. The first-order chi connectivity index (χ1) is 15.6. The van der Waals surface area contributed by atoms with Gasteiger partial charge in [0.1, 0.15) is 16.4 Å². The average molecular weight is 469 g/mol. The van der Waals surface area contributed by atoms with Crippen molar-refractivity contribution in [1.82, 2.24) is 24.9 Å². The summed E-state index contributed by atoms with van der Waals surface area (Å²) in [6.07, 6.45) is 8.18. The molecule has 0 spiro atoms. The number of fused-ring (bicyclic) bond motifs is 4. The largest absolute Gasteiger partial charge is 0.364 e. The SMILES string of the molecule is C[C@H]1C2CCC(CC2)[C@@H]1Nc1nc(-c2c[nH]c3ncc(Cl)nc23)nc(-c2cccs2)c1F. The lowest BCUT2D eigenvalue weighted by atomic mass is 9.62. The minimum Gasteiger partial charge on any atom is -0.364 e. The Balaban J connectivity index is 1.48. The molecule has 3 saturated carbocycles. The van der Waals surface area contributed by atoms with Crippen molar-refractivity contribution in [2.45, 2.75) is 38.6 Å². The number of H-pyrrole nitrogens is 1. The highest BCUT2D eigenvalue weighted by Gasteiger charge is 2.41. The van der Waals surface area contributed by atoms with Crippen LogP contribution < -0.4 is 5.32 Å². The molecular formula is C23H22ClFN6S. The summed E-state index contributed by atoms with van der Waals surface area (Å²) in [5.74, 6) is 1.98. The zero-order valence-corrected chi connectivity index (χ0v) is 19.1. The molecular weight excluding hydrogens is 447 g/mol. The molecule has 6 nitrogen and oxygen atoms in total. The van der Waals surface area contributed by atoms with Gasteiger partial charge in [0.2, 0.25) is 0 Å². The predicted octanol–water partition coefficient (Wildman–Crippen LogP) is 6.17.